The molecule has 1 aliphatic heterocycles. The molecule has 6 heteroatoms. The van der Waals surface area contributed by atoms with Crippen LogP contribution in [0.2, 0.25) is 0 Å². The van der Waals surface area contributed by atoms with Crippen LogP contribution in [0.4, 0.5) is 5.69 Å². The molecule has 0 aliphatic carbocycles. The van der Waals surface area contributed by atoms with Crippen molar-refractivity contribution in [3.05, 3.63) is 50.7 Å². The lowest BCUT2D eigenvalue weighted by molar-refractivity contribution is 0.758. The minimum atomic E-state index is -0.265. The molecule has 0 saturated carbocycles. The average molecular weight is 282 g/mol. The molecule has 4 rings (SSSR count). The molecule has 0 spiro atoms. The first-order chi connectivity index (χ1) is 10.2. The third kappa shape index (κ3) is 1.59. The zero-order valence-electron chi connectivity index (χ0n) is 11.3. The van der Waals surface area contributed by atoms with E-state index in [2.05, 4.69) is 14.8 Å². The molecule has 1 aliphatic rings. The van der Waals surface area contributed by atoms with Gasteiger partial charge in [-0.25, -0.2) is 0 Å². The van der Waals surface area contributed by atoms with Crippen LogP contribution in [-0.2, 0) is 13.0 Å². The number of aromatic amines is 2. The molecule has 2 aromatic heterocycles. The van der Waals surface area contributed by atoms with Crippen molar-refractivity contribution in [1.82, 2.24) is 14.8 Å². The fourth-order valence-electron chi connectivity index (χ4n) is 3.22. The van der Waals surface area contributed by atoms with Crippen LogP contribution in [0.3, 0.4) is 0 Å². The molecule has 4 N–H and O–H groups in total. The van der Waals surface area contributed by atoms with E-state index < -0.39 is 0 Å². The molecule has 0 amide bonds. The number of hydrogen-bond donors (Lipinski definition) is 3. The zero-order chi connectivity index (χ0) is 14.6. The van der Waals surface area contributed by atoms with Crippen molar-refractivity contribution < 1.29 is 0 Å². The number of nitrogens with one attached hydrogen (secondary N) is 2. The van der Waals surface area contributed by atoms with Gasteiger partial charge in [0.15, 0.2) is 0 Å². The third-order valence-corrected chi connectivity index (χ3v) is 4.09. The summed E-state index contributed by atoms with van der Waals surface area (Å²) in [7, 11) is 0. The normalized spacial score (nSPS) is 13.7. The van der Waals surface area contributed by atoms with E-state index in [-0.39, 0.29) is 11.1 Å². The fraction of sp³-hybridized carbons (Fsp3) is 0.200. The van der Waals surface area contributed by atoms with Crippen molar-refractivity contribution in [3.63, 3.8) is 0 Å². The second-order valence-electron chi connectivity index (χ2n) is 5.33. The highest BCUT2D eigenvalue weighted by Crippen LogP contribution is 2.34. The highest BCUT2D eigenvalue weighted by atomic mass is 16.1. The molecule has 6 nitrogen and oxygen atoms in total. The van der Waals surface area contributed by atoms with Gasteiger partial charge in [-0.3, -0.25) is 19.8 Å². The van der Waals surface area contributed by atoms with E-state index in [9.17, 15) is 9.59 Å². The summed E-state index contributed by atoms with van der Waals surface area (Å²) >= 11 is 0. The summed E-state index contributed by atoms with van der Waals surface area (Å²) in [6, 6.07) is 7.38. The predicted octanol–water partition coefficient (Wildman–Crippen LogP) is 1.21. The van der Waals surface area contributed by atoms with Gasteiger partial charge < -0.3 is 10.3 Å². The number of anilines is 1. The van der Waals surface area contributed by atoms with Gasteiger partial charge >= 0.3 is 0 Å². The maximum atomic E-state index is 12.2. The van der Waals surface area contributed by atoms with Crippen LogP contribution in [0.25, 0.3) is 22.0 Å². The second-order valence-corrected chi connectivity index (χ2v) is 5.33. The predicted molar refractivity (Wildman–Crippen MR) is 81.3 cm³/mol. The number of rotatable bonds is 1. The Hall–Kier alpha value is -2.76. The molecule has 21 heavy (non-hydrogen) atoms. The van der Waals surface area contributed by atoms with Gasteiger partial charge in [-0.1, -0.05) is 12.1 Å². The smallest absolute Gasteiger partial charge is 0.272 e. The van der Waals surface area contributed by atoms with Crippen LogP contribution < -0.4 is 16.9 Å². The fourth-order valence-corrected chi connectivity index (χ4v) is 3.22. The number of H-pyrrole nitrogens is 2. The summed E-state index contributed by atoms with van der Waals surface area (Å²) in [5.41, 5.74) is 8.55. The minimum Gasteiger partial charge on any atom is -0.399 e. The maximum absolute atomic E-state index is 12.2. The first kappa shape index (κ1) is 12.0. The summed E-state index contributed by atoms with van der Waals surface area (Å²) in [5, 5.41) is 5.83. The first-order valence-electron chi connectivity index (χ1n) is 6.89. The lowest BCUT2D eigenvalue weighted by Gasteiger charge is -2.07. The van der Waals surface area contributed by atoms with Crippen LogP contribution in [0.1, 0.15) is 12.1 Å². The Morgan fingerprint density at radius 2 is 1.67 bits per heavy atom. The van der Waals surface area contributed by atoms with E-state index in [1.54, 1.807) is 12.1 Å². The van der Waals surface area contributed by atoms with Gasteiger partial charge in [0.25, 0.3) is 11.1 Å². The van der Waals surface area contributed by atoms with Crippen LogP contribution in [-0.4, -0.2) is 14.8 Å². The lowest BCUT2D eigenvalue weighted by atomic mass is 10.1. The number of benzene rings is 1. The standard InChI is InChI=1S/C15H14N4O2/c16-9-5-3-8(4-6-9)13-12-11(10-2-1-7-19(10)13)14(20)17-18-15(12)21/h3-6H,1-2,7,16H2,(H,17,20)(H,18,21). The molecule has 106 valence electrons. The molecule has 3 aromatic rings. The maximum Gasteiger partial charge on any atom is 0.272 e. The average Bonchev–Trinajstić information content (AvgIpc) is 3.04. The number of fused-ring (bicyclic) bond motifs is 3. The number of nitrogens with two attached hydrogens (primary N) is 1. The van der Waals surface area contributed by atoms with Gasteiger partial charge in [-0.15, -0.1) is 0 Å². The summed E-state index contributed by atoms with van der Waals surface area (Å²) < 4.78 is 2.08. The van der Waals surface area contributed by atoms with Gasteiger partial charge in [0.2, 0.25) is 0 Å². The van der Waals surface area contributed by atoms with Gasteiger partial charge in [0.1, 0.15) is 0 Å². The van der Waals surface area contributed by atoms with Crippen LogP contribution >= 0.6 is 0 Å². The molecular formula is C15H14N4O2. The molecule has 0 unspecified atom stereocenters. The number of nitrogens with zero attached hydrogens (tertiary/aromatic N) is 1. The topological polar surface area (TPSA) is 96.7 Å². The highest BCUT2D eigenvalue weighted by molar-refractivity contribution is 5.97. The molecule has 0 saturated heterocycles. The van der Waals surface area contributed by atoms with Crippen LogP contribution in [0.5, 0.6) is 0 Å². The highest BCUT2D eigenvalue weighted by Gasteiger charge is 2.25. The molecule has 0 atom stereocenters. The Morgan fingerprint density at radius 1 is 1.00 bits per heavy atom. The number of nitrogen functional groups attached to an aromatic ring is 1. The van der Waals surface area contributed by atoms with Crippen LogP contribution in [0, 0.1) is 0 Å². The summed E-state index contributed by atoms with van der Waals surface area (Å²) in [6.07, 6.45) is 1.80. The Morgan fingerprint density at radius 3 is 2.38 bits per heavy atom. The molecular weight excluding hydrogens is 268 g/mol. The van der Waals surface area contributed by atoms with Gasteiger partial charge in [-0.2, -0.15) is 0 Å². The molecule has 0 fully saturated rings. The van der Waals surface area contributed by atoms with Crippen molar-refractivity contribution >= 4 is 16.5 Å². The Balaban J connectivity index is 2.19. The summed E-state index contributed by atoms with van der Waals surface area (Å²) in [6.45, 7) is 0.822. The SMILES string of the molecule is Nc1ccc(-c2c3c(=O)[nH][nH]c(=O)c3c3n2CCC3)cc1. The summed E-state index contributed by atoms with van der Waals surface area (Å²) in [4.78, 5) is 24.4. The monoisotopic (exact) mass is 282 g/mol. The Kier molecular flexibility index (Phi) is 2.35. The van der Waals surface area contributed by atoms with Gasteiger partial charge in [0.05, 0.1) is 16.5 Å². The van der Waals surface area contributed by atoms with Crippen molar-refractivity contribution in [3.8, 4) is 11.3 Å². The Labute approximate surface area is 119 Å². The first-order valence-corrected chi connectivity index (χ1v) is 6.89. The van der Waals surface area contributed by atoms with E-state index >= 15 is 0 Å². The minimum absolute atomic E-state index is 0.239. The largest absolute Gasteiger partial charge is 0.399 e. The molecule has 3 heterocycles. The second kappa shape index (κ2) is 4.12. The third-order valence-electron chi connectivity index (χ3n) is 4.09. The van der Waals surface area contributed by atoms with E-state index in [1.807, 2.05) is 12.1 Å². The lowest BCUT2D eigenvalue weighted by Crippen LogP contribution is -2.18. The van der Waals surface area contributed by atoms with Gasteiger partial charge in [-0.05, 0) is 30.5 Å². The van der Waals surface area contributed by atoms with Crippen molar-refractivity contribution in [2.75, 3.05) is 5.73 Å². The van der Waals surface area contributed by atoms with Crippen molar-refractivity contribution in [2.24, 2.45) is 0 Å². The van der Waals surface area contributed by atoms with Crippen LogP contribution in [0.15, 0.2) is 33.9 Å². The van der Waals surface area contributed by atoms with E-state index in [4.69, 9.17) is 5.73 Å². The van der Waals surface area contributed by atoms with E-state index in [0.29, 0.717) is 16.5 Å². The number of aromatic nitrogens is 3. The van der Waals surface area contributed by atoms with Crippen molar-refractivity contribution in [2.45, 2.75) is 19.4 Å². The molecule has 0 radical (unpaired) electrons. The number of hydrogen-bond acceptors (Lipinski definition) is 3. The van der Waals surface area contributed by atoms with E-state index in [1.165, 1.54) is 0 Å². The zero-order valence-corrected chi connectivity index (χ0v) is 11.3. The van der Waals surface area contributed by atoms with Crippen molar-refractivity contribution in [1.29, 1.82) is 0 Å². The number of aryl methyl sites for hydroxylation is 1. The quantitative estimate of drug-likeness (QED) is 0.585. The molecule has 0 bridgehead atoms. The Bertz CT molecular complexity index is 960. The summed E-state index contributed by atoms with van der Waals surface area (Å²) in [5.74, 6) is 0. The van der Waals surface area contributed by atoms with Gasteiger partial charge in [0, 0.05) is 17.9 Å². The van der Waals surface area contributed by atoms with E-state index in [0.717, 1.165) is 36.3 Å². The molecule has 1 aromatic carbocycles.